The third-order valence-electron chi connectivity index (χ3n) is 6.29. The van der Waals surface area contributed by atoms with Crippen LogP contribution in [0.3, 0.4) is 0 Å². The van der Waals surface area contributed by atoms with Gasteiger partial charge in [-0.3, -0.25) is 9.69 Å². The molecule has 6 rings (SSSR count). The molecular weight excluding hydrogens is 418 g/mol. The SMILES string of the molecule is Cc1nc2sc([C@@H](c3ccsc3)N3C[C@@H]4C[C@@H](C3)c3cccc(=O)n3C4)c(O)n2n1. The van der Waals surface area contributed by atoms with Gasteiger partial charge in [-0.2, -0.15) is 15.9 Å². The van der Waals surface area contributed by atoms with Crippen LogP contribution >= 0.6 is 22.7 Å². The van der Waals surface area contributed by atoms with E-state index in [0.29, 0.717) is 22.6 Å². The van der Waals surface area contributed by atoms with Crippen LogP contribution in [-0.2, 0) is 6.54 Å². The smallest absolute Gasteiger partial charge is 0.250 e. The topological polar surface area (TPSA) is 75.7 Å². The van der Waals surface area contributed by atoms with Crippen LogP contribution < -0.4 is 5.56 Å². The van der Waals surface area contributed by atoms with Crippen molar-refractivity contribution >= 4 is 27.6 Å². The number of nitrogens with zero attached hydrogens (tertiary/aromatic N) is 5. The third-order valence-corrected chi connectivity index (χ3v) is 8.06. The quantitative estimate of drug-likeness (QED) is 0.530. The van der Waals surface area contributed by atoms with Crippen molar-refractivity contribution in [2.45, 2.75) is 31.8 Å². The summed E-state index contributed by atoms with van der Waals surface area (Å²) in [6, 6.07) is 7.72. The van der Waals surface area contributed by atoms with Crippen molar-refractivity contribution in [1.29, 1.82) is 0 Å². The maximum atomic E-state index is 12.4. The van der Waals surface area contributed by atoms with E-state index in [9.17, 15) is 9.90 Å². The second kappa shape index (κ2) is 6.76. The Morgan fingerprint density at radius 1 is 1.23 bits per heavy atom. The number of aryl methyl sites for hydroxylation is 1. The zero-order valence-electron chi connectivity index (χ0n) is 16.4. The summed E-state index contributed by atoms with van der Waals surface area (Å²) in [5.74, 6) is 1.58. The molecule has 0 aromatic carbocycles. The first-order chi connectivity index (χ1) is 14.6. The first-order valence-electron chi connectivity index (χ1n) is 10.1. The lowest BCUT2D eigenvalue weighted by Crippen LogP contribution is -2.48. The maximum Gasteiger partial charge on any atom is 0.250 e. The van der Waals surface area contributed by atoms with Crippen LogP contribution in [0.25, 0.3) is 4.96 Å². The van der Waals surface area contributed by atoms with Gasteiger partial charge in [0.1, 0.15) is 5.82 Å². The molecule has 30 heavy (non-hydrogen) atoms. The molecule has 7 nitrogen and oxygen atoms in total. The summed E-state index contributed by atoms with van der Waals surface area (Å²) in [5.41, 5.74) is 2.42. The first kappa shape index (κ1) is 18.3. The number of aromatic nitrogens is 4. The van der Waals surface area contributed by atoms with Gasteiger partial charge in [0.15, 0.2) is 0 Å². The summed E-state index contributed by atoms with van der Waals surface area (Å²) in [4.78, 5) is 20.9. The standard InChI is InChI=1S/C21H21N5O2S2/c1-12-22-21-26(23-12)20(28)19(30-21)18(14-5-6-29-11-14)24-8-13-7-15(10-24)16-3-2-4-17(27)25(16)9-13/h2-6,11,13,15,18,28H,7-10H2,1H3/t13-,15-,18+/m0/s1. The highest BCUT2D eigenvalue weighted by Crippen LogP contribution is 2.45. The van der Waals surface area contributed by atoms with E-state index in [1.807, 2.05) is 17.6 Å². The molecule has 2 aliphatic heterocycles. The Balaban J connectivity index is 1.43. The summed E-state index contributed by atoms with van der Waals surface area (Å²) in [5, 5.41) is 19.6. The van der Waals surface area contributed by atoms with E-state index in [1.165, 1.54) is 16.9 Å². The summed E-state index contributed by atoms with van der Waals surface area (Å²) >= 11 is 3.18. The highest BCUT2D eigenvalue weighted by molar-refractivity contribution is 7.17. The molecule has 0 aliphatic carbocycles. The van der Waals surface area contributed by atoms with Crippen molar-refractivity contribution < 1.29 is 5.11 Å². The highest BCUT2D eigenvalue weighted by Gasteiger charge is 2.39. The Morgan fingerprint density at radius 3 is 2.93 bits per heavy atom. The van der Waals surface area contributed by atoms with Crippen molar-refractivity contribution in [3.63, 3.8) is 0 Å². The Kier molecular flexibility index (Phi) is 4.12. The van der Waals surface area contributed by atoms with Gasteiger partial charge in [-0.25, -0.2) is 4.98 Å². The fraction of sp³-hybridized carbons (Fsp3) is 0.381. The lowest BCUT2D eigenvalue weighted by molar-refractivity contribution is 0.0953. The van der Waals surface area contributed by atoms with Crippen molar-refractivity contribution in [1.82, 2.24) is 24.1 Å². The second-order valence-corrected chi connectivity index (χ2v) is 10.0. The van der Waals surface area contributed by atoms with E-state index in [4.69, 9.17) is 0 Å². The summed E-state index contributed by atoms with van der Waals surface area (Å²) in [6.45, 7) is 4.34. The van der Waals surface area contributed by atoms with Gasteiger partial charge in [0.2, 0.25) is 10.8 Å². The van der Waals surface area contributed by atoms with Crippen LogP contribution in [0.5, 0.6) is 5.88 Å². The zero-order chi connectivity index (χ0) is 20.4. The lowest BCUT2D eigenvalue weighted by atomic mass is 9.82. The van der Waals surface area contributed by atoms with Crippen LogP contribution in [0.15, 0.2) is 39.8 Å². The van der Waals surface area contributed by atoms with Crippen LogP contribution in [0.2, 0.25) is 0 Å². The number of thiophene rings is 1. The molecule has 154 valence electrons. The largest absolute Gasteiger partial charge is 0.492 e. The van der Waals surface area contributed by atoms with Crippen molar-refractivity contribution in [3.05, 3.63) is 67.3 Å². The third kappa shape index (κ3) is 2.76. The summed E-state index contributed by atoms with van der Waals surface area (Å²) in [6.07, 6.45) is 1.11. The predicted octanol–water partition coefficient (Wildman–Crippen LogP) is 3.24. The molecule has 0 unspecified atom stereocenters. The second-order valence-electron chi connectivity index (χ2n) is 8.25. The molecule has 0 amide bonds. The summed E-state index contributed by atoms with van der Waals surface area (Å²) in [7, 11) is 0. The molecule has 6 heterocycles. The molecule has 3 atom stereocenters. The lowest BCUT2D eigenvalue weighted by Gasteiger charge is -2.45. The first-order valence-corrected chi connectivity index (χ1v) is 11.9. The molecule has 0 spiro atoms. The fourth-order valence-corrected chi connectivity index (χ4v) is 6.97. The van der Waals surface area contributed by atoms with Gasteiger partial charge in [-0.05, 0) is 47.7 Å². The van der Waals surface area contributed by atoms with Crippen LogP contribution in [0.1, 0.15) is 40.3 Å². The Hall–Kier alpha value is -2.49. The minimum absolute atomic E-state index is 0.0441. The molecule has 4 aromatic heterocycles. The molecule has 0 saturated carbocycles. The van der Waals surface area contributed by atoms with Crippen molar-refractivity contribution in [2.75, 3.05) is 13.1 Å². The van der Waals surface area contributed by atoms with Gasteiger partial charge in [-0.1, -0.05) is 17.4 Å². The molecule has 2 aliphatic rings. The Labute approximate surface area is 180 Å². The fourth-order valence-electron chi connectivity index (χ4n) is 5.13. The Bertz CT molecular complexity index is 1290. The number of fused-ring (bicyclic) bond motifs is 5. The zero-order valence-corrected chi connectivity index (χ0v) is 18.1. The average Bonchev–Trinajstić information content (AvgIpc) is 3.43. The molecule has 9 heteroatoms. The minimum atomic E-state index is -0.0441. The van der Waals surface area contributed by atoms with Gasteiger partial charge in [0, 0.05) is 37.3 Å². The number of piperidine rings is 1. The Morgan fingerprint density at radius 2 is 2.13 bits per heavy atom. The molecule has 4 aromatic rings. The molecule has 1 saturated heterocycles. The summed E-state index contributed by atoms with van der Waals surface area (Å²) < 4.78 is 3.51. The van der Waals surface area contributed by atoms with Crippen molar-refractivity contribution in [3.8, 4) is 5.88 Å². The van der Waals surface area contributed by atoms with E-state index in [2.05, 4.69) is 37.9 Å². The van der Waals surface area contributed by atoms with E-state index in [1.54, 1.807) is 21.9 Å². The van der Waals surface area contributed by atoms with E-state index in [0.717, 1.165) is 36.6 Å². The highest BCUT2D eigenvalue weighted by atomic mass is 32.1. The minimum Gasteiger partial charge on any atom is -0.492 e. The maximum absolute atomic E-state index is 12.4. The monoisotopic (exact) mass is 439 g/mol. The number of rotatable bonds is 3. The predicted molar refractivity (Wildman–Crippen MR) is 117 cm³/mol. The number of thiazole rings is 1. The molecule has 1 N–H and O–H groups in total. The number of hydrogen-bond acceptors (Lipinski definition) is 7. The van der Waals surface area contributed by atoms with E-state index in [-0.39, 0.29) is 17.5 Å². The molecular formula is C21H21N5O2S2. The van der Waals surface area contributed by atoms with Gasteiger partial charge in [-0.15, -0.1) is 5.10 Å². The van der Waals surface area contributed by atoms with E-state index >= 15 is 0 Å². The van der Waals surface area contributed by atoms with Gasteiger partial charge in [0.05, 0.1) is 10.9 Å². The van der Waals surface area contributed by atoms with Crippen LogP contribution in [0, 0.1) is 12.8 Å². The average molecular weight is 440 g/mol. The number of aromatic hydroxyl groups is 1. The van der Waals surface area contributed by atoms with E-state index < -0.39 is 0 Å². The molecule has 2 bridgehead atoms. The normalized spacial score (nSPS) is 22.3. The van der Waals surface area contributed by atoms with Crippen LogP contribution in [0.4, 0.5) is 0 Å². The van der Waals surface area contributed by atoms with Gasteiger partial charge < -0.3 is 9.67 Å². The molecule has 0 radical (unpaired) electrons. The van der Waals surface area contributed by atoms with Crippen LogP contribution in [-0.4, -0.2) is 42.3 Å². The number of likely N-dealkylation sites (tertiary alicyclic amines) is 1. The van der Waals surface area contributed by atoms with Crippen molar-refractivity contribution in [2.24, 2.45) is 5.92 Å². The molecule has 1 fully saturated rings. The van der Waals surface area contributed by atoms with Gasteiger partial charge in [0.25, 0.3) is 5.56 Å². The number of hydrogen-bond donors (Lipinski definition) is 1. The number of pyridine rings is 1. The van der Waals surface area contributed by atoms with Gasteiger partial charge >= 0.3 is 0 Å².